The number of benzene rings is 2. The van der Waals surface area contributed by atoms with Gasteiger partial charge in [-0.15, -0.1) is 0 Å². The molecule has 3 aliphatic heterocycles. The highest BCUT2D eigenvalue weighted by atomic mass is 19.4. The van der Waals surface area contributed by atoms with E-state index >= 15 is 0 Å². The van der Waals surface area contributed by atoms with Crippen LogP contribution in [0.2, 0.25) is 0 Å². The summed E-state index contributed by atoms with van der Waals surface area (Å²) in [4.78, 5) is 13.9. The van der Waals surface area contributed by atoms with E-state index in [2.05, 4.69) is 131 Å². The van der Waals surface area contributed by atoms with Crippen LogP contribution in [0.3, 0.4) is 0 Å². The van der Waals surface area contributed by atoms with Crippen LogP contribution in [0.4, 0.5) is 35.1 Å². The van der Waals surface area contributed by atoms with Crippen molar-refractivity contribution in [1.82, 2.24) is 51.5 Å². The van der Waals surface area contributed by atoms with Gasteiger partial charge in [0.15, 0.2) is 0 Å². The molecule has 13 atom stereocenters. The Morgan fingerprint density at radius 3 is 2.03 bits per heavy atom. The van der Waals surface area contributed by atoms with Crippen molar-refractivity contribution in [2.75, 3.05) is 53.4 Å². The van der Waals surface area contributed by atoms with Crippen LogP contribution in [0.25, 0.3) is 0 Å². The number of ether oxygens (including phenoxy) is 1. The lowest BCUT2D eigenvalue weighted by Gasteiger charge is -2.60. The summed E-state index contributed by atoms with van der Waals surface area (Å²) in [5, 5.41) is 23.8. The van der Waals surface area contributed by atoms with Gasteiger partial charge in [-0.2, -0.15) is 26.3 Å². The zero-order valence-corrected chi connectivity index (χ0v) is 57.4. The Morgan fingerprint density at radius 2 is 1.42 bits per heavy atom. The van der Waals surface area contributed by atoms with Crippen molar-refractivity contribution < 1.29 is 39.9 Å². The molecule has 6 rings (SSSR count). The molecule has 0 aromatic heterocycles. The first-order chi connectivity index (χ1) is 43.0. The fraction of sp³-hybridized carbons (Fsp3) is 0.704. The van der Waals surface area contributed by atoms with Crippen molar-refractivity contribution in [3.8, 4) is 0 Å². The van der Waals surface area contributed by atoms with Gasteiger partial charge in [-0.25, -0.2) is 8.78 Å². The van der Waals surface area contributed by atoms with E-state index in [-0.39, 0.29) is 60.2 Å². The van der Waals surface area contributed by atoms with E-state index in [0.29, 0.717) is 84.8 Å². The average molecular weight is 1290 g/mol. The number of nitrogens with zero attached hydrogens (tertiary/aromatic N) is 5. The van der Waals surface area contributed by atoms with Gasteiger partial charge in [0.05, 0.1) is 5.56 Å². The first-order valence-electron chi connectivity index (χ1n) is 34.1. The lowest BCUT2D eigenvalue weighted by Crippen LogP contribution is -2.73. The molecule has 2 aromatic rings. The molecule has 6 N–H and O–H groups in total. The molecular formula is C71H113F8N11O. The quantitative estimate of drug-likeness (QED) is 0.108. The molecule has 0 bridgehead atoms. The number of fused-ring (bicyclic) bond motifs is 2. The second-order valence-electron chi connectivity index (χ2n) is 27.6. The summed E-state index contributed by atoms with van der Waals surface area (Å²) in [7, 11) is 3.77. The van der Waals surface area contributed by atoms with Gasteiger partial charge < -0.3 is 51.3 Å². The third kappa shape index (κ3) is 21.5. The van der Waals surface area contributed by atoms with E-state index in [1.807, 2.05) is 32.1 Å². The number of likely N-dealkylation sites (N-methyl/N-ethyl adjacent to an activating group) is 1. The van der Waals surface area contributed by atoms with E-state index in [9.17, 15) is 35.1 Å². The number of halogens is 8. The van der Waals surface area contributed by atoms with Gasteiger partial charge in [-0.3, -0.25) is 9.89 Å². The molecule has 2 saturated heterocycles. The second kappa shape index (κ2) is 34.7. The van der Waals surface area contributed by atoms with E-state index < -0.39 is 41.3 Å². The molecule has 3 fully saturated rings. The summed E-state index contributed by atoms with van der Waals surface area (Å²) >= 11 is 0. The zero-order chi connectivity index (χ0) is 67.0. The Kier molecular flexibility index (Phi) is 28.8. The van der Waals surface area contributed by atoms with E-state index in [4.69, 9.17) is 9.73 Å². The van der Waals surface area contributed by atoms with Crippen molar-refractivity contribution in [1.29, 1.82) is 0 Å². The number of nitrogens with one attached hydrogen (secondary N) is 6. The first-order valence-corrected chi connectivity index (χ1v) is 34.1. The van der Waals surface area contributed by atoms with Crippen LogP contribution in [0.5, 0.6) is 0 Å². The first kappa shape index (κ1) is 75.5. The lowest BCUT2D eigenvalue weighted by molar-refractivity contribution is -0.142. The smallest absolute Gasteiger partial charge is 0.369 e. The van der Waals surface area contributed by atoms with Crippen molar-refractivity contribution in [3.63, 3.8) is 0 Å². The number of rotatable bonds is 13. The maximum Gasteiger partial charge on any atom is 0.422 e. The minimum absolute atomic E-state index is 0.0250. The van der Waals surface area contributed by atoms with Crippen LogP contribution in [-0.4, -0.2) is 145 Å². The van der Waals surface area contributed by atoms with E-state index in [1.165, 1.54) is 12.1 Å². The molecule has 4 aliphatic rings. The summed E-state index contributed by atoms with van der Waals surface area (Å²) in [6, 6.07) is 8.95. The van der Waals surface area contributed by atoms with Crippen molar-refractivity contribution in [2.24, 2.45) is 28.7 Å². The Hall–Kier alpha value is -4.57. The fourth-order valence-electron chi connectivity index (χ4n) is 14.3. The lowest BCUT2D eigenvalue weighted by atomic mass is 9.76. The van der Waals surface area contributed by atoms with E-state index in [1.54, 1.807) is 29.6 Å². The van der Waals surface area contributed by atoms with Gasteiger partial charge in [0.25, 0.3) is 0 Å². The topological polar surface area (TPSA) is 107 Å². The van der Waals surface area contributed by atoms with E-state index in [0.717, 1.165) is 107 Å². The summed E-state index contributed by atoms with van der Waals surface area (Å²) in [6.45, 7) is 34.3. The molecule has 1 aliphatic carbocycles. The molecule has 12 nitrogen and oxygen atoms in total. The summed E-state index contributed by atoms with van der Waals surface area (Å²) in [6.07, 6.45) is 10.3. The summed E-state index contributed by atoms with van der Waals surface area (Å²) in [5.74, 6) is -1.47. The molecule has 1 saturated carbocycles. The number of hydrogen-bond donors (Lipinski definition) is 6. The molecule has 514 valence electrons. The highest BCUT2D eigenvalue weighted by molar-refractivity contribution is 5.95. The standard InChI is InChI=1S/C71H113F8N11O/c1-16-47(6)64-40-84-63(36-46(4)5)51(10)83-41-65-49(8)53(12)90(65)68(48(7)17-2)52(11)86-69(30-19-20-31-69)45-80-42-66(91-18-3)82-32-29-58(28-25-56-38-61(72)67(62(73)39-56)71(77,78)79)81-33-35-87(14)43-60(37-55-23-26-57(27-24-55)70(74,75)76)88(15)44-59-22-21-34-89(59)54(13)50(9)85-64/h23-24,26-27,29,32-33,35,38-39,43-44,46-54,63-66,68,80,82-86H,16-22,25,28,30-31,34,36-37,40-42,45H2,1-15H3/t47-,48-,49+,50?,51?,52?,53?,54-,63-,64+,65?,66+,68-/m0/s1. The number of aliphatic imine (C=N–C) groups is 1. The third-order valence-electron chi connectivity index (χ3n) is 20.3. The number of allylic oxidation sites excluding steroid dienone is 3. The average Bonchev–Trinajstić information content (AvgIpc) is 0.940. The predicted octanol–water partition coefficient (Wildman–Crippen LogP) is 14.0. The summed E-state index contributed by atoms with van der Waals surface area (Å²) in [5.41, 5.74) is 0.321. The maximum atomic E-state index is 14.9. The molecule has 20 heteroatoms. The monoisotopic (exact) mass is 1290 g/mol. The predicted molar refractivity (Wildman–Crippen MR) is 355 cm³/mol. The second-order valence-corrected chi connectivity index (χ2v) is 27.6. The van der Waals surface area contributed by atoms with Gasteiger partial charge >= 0.3 is 12.4 Å². The molecule has 2 aromatic carbocycles. The van der Waals surface area contributed by atoms with Crippen LogP contribution in [0.1, 0.15) is 176 Å². The van der Waals surface area contributed by atoms with Crippen LogP contribution >= 0.6 is 0 Å². The van der Waals surface area contributed by atoms with Gasteiger partial charge in [0.1, 0.15) is 23.4 Å². The van der Waals surface area contributed by atoms with Crippen LogP contribution < -0.4 is 31.9 Å². The van der Waals surface area contributed by atoms with Crippen LogP contribution in [0.15, 0.2) is 89.9 Å². The van der Waals surface area contributed by atoms with Crippen LogP contribution in [0, 0.1) is 35.3 Å². The van der Waals surface area contributed by atoms with Crippen molar-refractivity contribution >= 4 is 5.71 Å². The zero-order valence-electron chi connectivity index (χ0n) is 57.4. The minimum atomic E-state index is -5.20. The SMILES string of the molecule is CCO[C@@H]1CNCC2(CCCC2)NC(C)[C@H]([C@@H](C)CC)N2C(C)[C@@H](C)C2CNC(C)[C@H](CC(C)C)NC[C@H]([C@@H](C)CC)NC(C)[C@H](C)N2CCCC2=CN(C)C(Cc2ccc(C(F)(F)F)cc2)=CN(C)C=CN=C(CCc2cc(F)c(C(F)(F)F)c(F)c2)C=CN1. The Labute approximate surface area is 541 Å². The number of hydrogen-bond acceptors (Lipinski definition) is 12. The van der Waals surface area contributed by atoms with Crippen molar-refractivity contribution in [3.05, 3.63) is 119 Å². The summed E-state index contributed by atoms with van der Waals surface area (Å²) < 4.78 is 118. The third-order valence-corrected chi connectivity index (χ3v) is 20.3. The Bertz CT molecular complexity index is 2670. The van der Waals surface area contributed by atoms with Crippen LogP contribution in [-0.2, 0) is 29.9 Å². The molecule has 0 amide bonds. The molecule has 5 unspecified atom stereocenters. The molecule has 1 spiro atoms. The molecular weight excluding hydrogens is 1170 g/mol. The van der Waals surface area contributed by atoms with Gasteiger partial charge in [-0.1, -0.05) is 86.3 Å². The maximum absolute atomic E-state index is 14.9. The number of aryl methyl sites for hydroxylation is 1. The normalized spacial score (nSPS) is 28.8. The largest absolute Gasteiger partial charge is 0.422 e. The molecule has 0 radical (unpaired) electrons. The molecule has 3 heterocycles. The number of alkyl halides is 6. The molecule has 91 heavy (non-hydrogen) atoms. The van der Waals surface area contributed by atoms with Gasteiger partial charge in [0, 0.05) is 168 Å². The fourth-order valence-corrected chi connectivity index (χ4v) is 14.3. The Morgan fingerprint density at radius 1 is 0.747 bits per heavy atom. The Balaban J connectivity index is 1.38. The minimum Gasteiger partial charge on any atom is -0.369 e. The highest BCUT2D eigenvalue weighted by Crippen LogP contribution is 2.40. The van der Waals surface area contributed by atoms with Gasteiger partial charge in [-0.05, 0) is 152 Å². The van der Waals surface area contributed by atoms with Gasteiger partial charge in [0.2, 0.25) is 0 Å². The van der Waals surface area contributed by atoms with Crippen molar-refractivity contribution in [2.45, 2.75) is 246 Å². The highest BCUT2D eigenvalue weighted by Gasteiger charge is 2.50.